The number of carbonyl (C=O) groups is 3. The van der Waals surface area contributed by atoms with Crippen molar-refractivity contribution in [3.8, 4) is 5.88 Å². The Morgan fingerprint density at radius 2 is 2.08 bits per heavy atom. The van der Waals surface area contributed by atoms with Gasteiger partial charge in [-0.25, -0.2) is 9.48 Å². The molecule has 1 heterocycles. The van der Waals surface area contributed by atoms with Crippen LogP contribution in [0.25, 0.3) is 0 Å². The maximum Gasteiger partial charge on any atom is 0.337 e. The number of aliphatic hydroxyl groups is 1. The van der Waals surface area contributed by atoms with Crippen LogP contribution in [0, 0.1) is 0 Å². The van der Waals surface area contributed by atoms with Gasteiger partial charge in [0.15, 0.2) is 11.8 Å². The van der Waals surface area contributed by atoms with Gasteiger partial charge < -0.3 is 25.0 Å². The maximum atomic E-state index is 11.7. The molecule has 0 aliphatic heterocycles. The minimum atomic E-state index is -1.47. The predicted octanol–water partition coefficient (Wildman–Crippen LogP) is -0.550. The molecule has 3 N–H and O–H groups in total. The molecule has 0 saturated carbocycles. The second-order valence-electron chi connectivity index (χ2n) is 4.92. The molecule has 0 radical (unpaired) electrons. The standard InChI is InChI=1S/C14H21N3O7/c1-3-4-12(20)23-8-24-14(22)10(18)5-6-15-13(21)9-7-11(19)17(2)16-9/h7,10,18-19H,3-6,8H2,1-2H3,(H,15,21). The third-order valence-electron chi connectivity index (χ3n) is 2.94. The number of nitrogens with zero attached hydrogens (tertiary/aromatic N) is 2. The molecule has 0 spiro atoms. The lowest BCUT2D eigenvalue weighted by molar-refractivity contribution is -0.173. The van der Waals surface area contributed by atoms with Gasteiger partial charge in [-0.15, -0.1) is 0 Å². The number of aromatic nitrogens is 2. The molecule has 10 nitrogen and oxygen atoms in total. The van der Waals surface area contributed by atoms with E-state index in [2.05, 4.69) is 19.9 Å². The van der Waals surface area contributed by atoms with E-state index in [1.165, 1.54) is 13.1 Å². The summed E-state index contributed by atoms with van der Waals surface area (Å²) < 4.78 is 10.3. The van der Waals surface area contributed by atoms with Crippen LogP contribution in [0.2, 0.25) is 0 Å². The van der Waals surface area contributed by atoms with E-state index in [1.807, 2.05) is 0 Å². The van der Waals surface area contributed by atoms with Crippen LogP contribution in [0.4, 0.5) is 0 Å². The number of amides is 1. The van der Waals surface area contributed by atoms with Crippen molar-refractivity contribution in [1.82, 2.24) is 15.1 Å². The summed E-state index contributed by atoms with van der Waals surface area (Å²) in [4.78, 5) is 34.2. The van der Waals surface area contributed by atoms with Crippen LogP contribution in [0.3, 0.4) is 0 Å². The molecule has 1 atom stereocenters. The summed E-state index contributed by atoms with van der Waals surface area (Å²) in [6, 6.07) is 1.19. The lowest BCUT2D eigenvalue weighted by Gasteiger charge is -2.11. The van der Waals surface area contributed by atoms with E-state index >= 15 is 0 Å². The van der Waals surface area contributed by atoms with Gasteiger partial charge in [-0.2, -0.15) is 5.10 Å². The normalized spacial score (nSPS) is 11.6. The first-order chi connectivity index (χ1) is 11.3. The summed E-state index contributed by atoms with van der Waals surface area (Å²) in [7, 11) is 1.47. The first-order valence-corrected chi connectivity index (χ1v) is 7.36. The van der Waals surface area contributed by atoms with Gasteiger partial charge in [-0.3, -0.25) is 9.59 Å². The van der Waals surface area contributed by atoms with Crippen molar-refractivity contribution in [2.45, 2.75) is 32.3 Å². The average molecular weight is 343 g/mol. The summed E-state index contributed by atoms with van der Waals surface area (Å²) in [6.45, 7) is 1.23. The molecule has 1 unspecified atom stereocenters. The highest BCUT2D eigenvalue weighted by Crippen LogP contribution is 2.08. The van der Waals surface area contributed by atoms with Crippen molar-refractivity contribution in [2.75, 3.05) is 13.3 Å². The molecule has 0 saturated heterocycles. The van der Waals surface area contributed by atoms with E-state index in [0.29, 0.717) is 6.42 Å². The minimum Gasteiger partial charge on any atom is -0.493 e. The van der Waals surface area contributed by atoms with Gasteiger partial charge in [0.2, 0.25) is 12.7 Å². The van der Waals surface area contributed by atoms with Crippen molar-refractivity contribution in [1.29, 1.82) is 0 Å². The smallest absolute Gasteiger partial charge is 0.337 e. The fourth-order valence-corrected chi connectivity index (χ4v) is 1.62. The lowest BCUT2D eigenvalue weighted by atomic mass is 10.2. The van der Waals surface area contributed by atoms with E-state index in [9.17, 15) is 24.6 Å². The molecule has 0 aromatic carbocycles. The molecule has 134 valence electrons. The quantitative estimate of drug-likeness (QED) is 0.401. The number of aryl methyl sites for hydroxylation is 1. The third kappa shape index (κ3) is 6.24. The number of hydrogen-bond acceptors (Lipinski definition) is 8. The fraction of sp³-hybridized carbons (Fsp3) is 0.571. The van der Waals surface area contributed by atoms with Crippen molar-refractivity contribution in [2.24, 2.45) is 7.05 Å². The monoisotopic (exact) mass is 343 g/mol. The zero-order chi connectivity index (χ0) is 18.1. The second-order valence-corrected chi connectivity index (χ2v) is 4.92. The Morgan fingerprint density at radius 1 is 1.38 bits per heavy atom. The summed E-state index contributed by atoms with van der Waals surface area (Å²) in [5.74, 6) is -2.17. The molecule has 24 heavy (non-hydrogen) atoms. The number of carbonyl (C=O) groups excluding carboxylic acids is 3. The Morgan fingerprint density at radius 3 is 2.67 bits per heavy atom. The van der Waals surface area contributed by atoms with Crippen molar-refractivity contribution in [3.63, 3.8) is 0 Å². The lowest BCUT2D eigenvalue weighted by Crippen LogP contribution is -2.31. The second kappa shape index (κ2) is 9.50. The van der Waals surface area contributed by atoms with E-state index in [-0.39, 0.29) is 31.0 Å². The molecule has 0 bridgehead atoms. The number of aliphatic hydroxyl groups excluding tert-OH is 1. The molecule has 1 rings (SSSR count). The van der Waals surface area contributed by atoms with Gasteiger partial charge in [0.25, 0.3) is 5.91 Å². The van der Waals surface area contributed by atoms with Gasteiger partial charge in [-0.05, 0) is 6.42 Å². The van der Waals surface area contributed by atoms with E-state index in [0.717, 1.165) is 4.68 Å². The molecule has 10 heteroatoms. The molecule has 0 fully saturated rings. The van der Waals surface area contributed by atoms with E-state index in [1.54, 1.807) is 6.92 Å². The Bertz CT molecular complexity index is 565. The van der Waals surface area contributed by atoms with Crippen LogP contribution in [-0.4, -0.2) is 57.3 Å². The van der Waals surface area contributed by atoms with Gasteiger partial charge in [0, 0.05) is 32.5 Å². The van der Waals surface area contributed by atoms with Crippen molar-refractivity contribution in [3.05, 3.63) is 11.8 Å². The van der Waals surface area contributed by atoms with Crippen LogP contribution in [0.1, 0.15) is 36.7 Å². The van der Waals surface area contributed by atoms with Crippen LogP contribution < -0.4 is 5.32 Å². The number of hydrogen-bond donors (Lipinski definition) is 3. The highest BCUT2D eigenvalue weighted by atomic mass is 16.7. The van der Waals surface area contributed by atoms with Crippen LogP contribution in [0.5, 0.6) is 5.88 Å². The maximum absolute atomic E-state index is 11.7. The van der Waals surface area contributed by atoms with E-state index in [4.69, 9.17) is 0 Å². The molecule has 0 aliphatic carbocycles. The molecule has 1 aromatic rings. The number of esters is 2. The molecular formula is C14H21N3O7. The highest BCUT2D eigenvalue weighted by Gasteiger charge is 2.18. The van der Waals surface area contributed by atoms with Gasteiger partial charge >= 0.3 is 11.9 Å². The fourth-order valence-electron chi connectivity index (χ4n) is 1.62. The van der Waals surface area contributed by atoms with Crippen LogP contribution in [0.15, 0.2) is 6.07 Å². The van der Waals surface area contributed by atoms with Crippen molar-refractivity contribution >= 4 is 17.8 Å². The van der Waals surface area contributed by atoms with Gasteiger partial charge in [0.1, 0.15) is 0 Å². The first kappa shape index (κ1) is 19.4. The molecule has 1 amide bonds. The summed E-state index contributed by atoms with van der Waals surface area (Å²) in [5, 5.41) is 25.1. The Balaban J connectivity index is 2.25. The SMILES string of the molecule is CCCC(=O)OCOC(=O)C(O)CCNC(=O)c1cc(O)n(C)n1. The topological polar surface area (TPSA) is 140 Å². The minimum absolute atomic E-state index is 0.00917. The molecule has 1 aromatic heterocycles. The van der Waals surface area contributed by atoms with Gasteiger partial charge in [0.05, 0.1) is 0 Å². The summed E-state index contributed by atoms with van der Waals surface area (Å²) >= 11 is 0. The van der Waals surface area contributed by atoms with Crippen LogP contribution in [-0.2, 0) is 26.1 Å². The third-order valence-corrected chi connectivity index (χ3v) is 2.94. The zero-order valence-corrected chi connectivity index (χ0v) is 13.5. The van der Waals surface area contributed by atoms with Gasteiger partial charge in [-0.1, -0.05) is 6.92 Å². The van der Waals surface area contributed by atoms with Crippen LogP contribution >= 0.6 is 0 Å². The van der Waals surface area contributed by atoms with E-state index < -0.39 is 30.7 Å². The number of aromatic hydroxyl groups is 1. The number of rotatable bonds is 9. The average Bonchev–Trinajstić information content (AvgIpc) is 2.86. The highest BCUT2D eigenvalue weighted by molar-refractivity contribution is 5.92. The Kier molecular flexibility index (Phi) is 7.69. The Hall–Kier alpha value is -2.62. The molecule has 0 aliphatic rings. The first-order valence-electron chi connectivity index (χ1n) is 7.36. The summed E-state index contributed by atoms with van der Waals surface area (Å²) in [6.07, 6.45) is -0.725. The molecular weight excluding hydrogens is 322 g/mol. The zero-order valence-electron chi connectivity index (χ0n) is 13.5. The van der Waals surface area contributed by atoms with Crippen molar-refractivity contribution < 1.29 is 34.1 Å². The Labute approximate surface area is 138 Å². The predicted molar refractivity (Wildman–Crippen MR) is 79.8 cm³/mol. The number of nitrogens with one attached hydrogen (secondary N) is 1. The largest absolute Gasteiger partial charge is 0.493 e. The number of ether oxygens (including phenoxy) is 2. The summed E-state index contributed by atoms with van der Waals surface area (Å²) in [5.41, 5.74) is 0.00917.